The number of aromatic nitrogens is 1. The molecule has 0 fully saturated rings. The Balaban J connectivity index is 2.90. The molecule has 7 nitrogen and oxygen atoms in total. The Morgan fingerprint density at radius 2 is 2.00 bits per heavy atom. The van der Waals surface area contributed by atoms with Crippen molar-refractivity contribution in [1.82, 2.24) is 10.3 Å². The fraction of sp³-hybridized carbons (Fsp3) is 0.500. The molecule has 116 valence electrons. The Labute approximate surface area is 123 Å². The Hall–Kier alpha value is -2.15. The zero-order valence-corrected chi connectivity index (χ0v) is 12.5. The minimum Gasteiger partial charge on any atom is -0.480 e. The summed E-state index contributed by atoms with van der Waals surface area (Å²) in [6, 6.07) is 1.61. The zero-order valence-electron chi connectivity index (χ0n) is 12.5. The van der Waals surface area contributed by atoms with Crippen molar-refractivity contribution in [3.05, 3.63) is 29.6 Å². The highest BCUT2D eigenvalue weighted by molar-refractivity contribution is 5.81. The van der Waals surface area contributed by atoms with Crippen molar-refractivity contribution < 1.29 is 24.5 Å². The number of pyridine rings is 1. The van der Waals surface area contributed by atoms with Gasteiger partial charge in [-0.1, -0.05) is 6.07 Å². The number of carbonyl (C=O) groups is 2. The Morgan fingerprint density at radius 3 is 2.48 bits per heavy atom. The first-order valence-electron chi connectivity index (χ1n) is 6.43. The molecule has 0 unspecified atom stereocenters. The fourth-order valence-corrected chi connectivity index (χ4v) is 1.70. The molecule has 0 aliphatic rings. The first-order valence-corrected chi connectivity index (χ1v) is 6.43. The van der Waals surface area contributed by atoms with E-state index in [4.69, 9.17) is 4.74 Å². The van der Waals surface area contributed by atoms with Gasteiger partial charge in [0.2, 0.25) is 0 Å². The third kappa shape index (κ3) is 5.03. The predicted molar refractivity (Wildman–Crippen MR) is 74.7 cm³/mol. The van der Waals surface area contributed by atoms with Gasteiger partial charge in [-0.3, -0.25) is 4.98 Å². The third-order valence-corrected chi connectivity index (χ3v) is 2.62. The van der Waals surface area contributed by atoms with E-state index in [1.54, 1.807) is 39.8 Å². The number of nitrogens with zero attached hydrogens (tertiary/aromatic N) is 1. The van der Waals surface area contributed by atoms with E-state index in [2.05, 4.69) is 10.3 Å². The molecule has 0 radical (unpaired) electrons. The lowest BCUT2D eigenvalue weighted by atomic mass is 10.0. The molecule has 0 aliphatic heterocycles. The maximum Gasteiger partial charge on any atom is 0.408 e. The van der Waals surface area contributed by atoms with Crippen LogP contribution in [-0.2, 0) is 9.53 Å². The summed E-state index contributed by atoms with van der Waals surface area (Å²) in [5, 5.41) is 21.5. The second-order valence-electron chi connectivity index (χ2n) is 5.59. The van der Waals surface area contributed by atoms with Crippen LogP contribution in [0.5, 0.6) is 0 Å². The van der Waals surface area contributed by atoms with Gasteiger partial charge in [0, 0.05) is 17.5 Å². The molecule has 1 amide bonds. The van der Waals surface area contributed by atoms with E-state index < -0.39 is 29.8 Å². The van der Waals surface area contributed by atoms with Crippen molar-refractivity contribution >= 4 is 12.1 Å². The predicted octanol–water partition coefficient (Wildman–Crippen LogP) is 1.40. The number of carbonyl (C=O) groups excluding carboxylic acids is 1. The van der Waals surface area contributed by atoms with Gasteiger partial charge in [0.05, 0.1) is 0 Å². The van der Waals surface area contributed by atoms with Gasteiger partial charge in [-0.2, -0.15) is 0 Å². The average molecular weight is 296 g/mol. The monoisotopic (exact) mass is 296 g/mol. The number of hydrogen-bond acceptors (Lipinski definition) is 5. The van der Waals surface area contributed by atoms with Crippen molar-refractivity contribution in [2.45, 2.75) is 45.4 Å². The summed E-state index contributed by atoms with van der Waals surface area (Å²) in [7, 11) is 0. The van der Waals surface area contributed by atoms with Crippen LogP contribution in [0.15, 0.2) is 18.3 Å². The van der Waals surface area contributed by atoms with Crippen molar-refractivity contribution in [1.29, 1.82) is 0 Å². The first-order chi connectivity index (χ1) is 9.61. The number of rotatable bonds is 4. The van der Waals surface area contributed by atoms with Gasteiger partial charge >= 0.3 is 12.1 Å². The van der Waals surface area contributed by atoms with Gasteiger partial charge in [0.15, 0.2) is 6.04 Å². The lowest BCUT2D eigenvalue weighted by Gasteiger charge is -2.24. The maximum atomic E-state index is 11.7. The number of ether oxygens (including phenoxy) is 1. The number of aliphatic hydroxyl groups is 1. The molecule has 2 atom stereocenters. The van der Waals surface area contributed by atoms with E-state index in [9.17, 15) is 19.8 Å². The van der Waals surface area contributed by atoms with Crippen LogP contribution in [0.2, 0.25) is 0 Å². The van der Waals surface area contributed by atoms with Gasteiger partial charge in [0.25, 0.3) is 0 Å². The summed E-state index contributed by atoms with van der Waals surface area (Å²) in [5.74, 6) is -1.36. The highest BCUT2D eigenvalue weighted by Gasteiger charge is 2.32. The summed E-state index contributed by atoms with van der Waals surface area (Å²) in [4.78, 5) is 26.9. The minimum absolute atomic E-state index is 0.334. The normalized spacial score (nSPS) is 14.1. The molecule has 1 aromatic rings. The quantitative estimate of drug-likeness (QED) is 0.775. The van der Waals surface area contributed by atoms with Gasteiger partial charge in [0.1, 0.15) is 11.7 Å². The second kappa shape index (κ2) is 6.53. The number of alkyl carbamates (subject to hydrolysis) is 1. The van der Waals surface area contributed by atoms with Crippen LogP contribution in [0.3, 0.4) is 0 Å². The summed E-state index contributed by atoms with van der Waals surface area (Å²) in [5.41, 5.74) is 0.0608. The smallest absolute Gasteiger partial charge is 0.408 e. The molecule has 7 heteroatoms. The Morgan fingerprint density at radius 1 is 1.38 bits per heavy atom. The van der Waals surface area contributed by atoms with E-state index in [0.29, 0.717) is 11.3 Å². The van der Waals surface area contributed by atoms with Crippen LogP contribution in [0, 0.1) is 6.92 Å². The molecule has 0 bridgehead atoms. The molecule has 3 N–H and O–H groups in total. The SMILES string of the molecule is Cc1ncccc1[C@@H](O)[C@H](NC(=O)OC(C)(C)C)C(=O)O. The number of carboxylic acids is 1. The molecule has 1 heterocycles. The van der Waals surface area contributed by atoms with Crippen LogP contribution in [0.25, 0.3) is 0 Å². The third-order valence-electron chi connectivity index (χ3n) is 2.62. The topological polar surface area (TPSA) is 109 Å². The summed E-state index contributed by atoms with van der Waals surface area (Å²) in [6.07, 6.45) is -0.804. The van der Waals surface area contributed by atoms with Gasteiger partial charge in [-0.25, -0.2) is 9.59 Å². The Kier molecular flexibility index (Phi) is 5.26. The largest absolute Gasteiger partial charge is 0.480 e. The highest BCUT2D eigenvalue weighted by Crippen LogP contribution is 2.20. The lowest BCUT2D eigenvalue weighted by molar-refractivity contribution is -0.142. The number of carboxylic acid groups (broad SMARTS) is 1. The molecule has 1 aromatic heterocycles. The minimum atomic E-state index is -1.53. The molecule has 0 spiro atoms. The van der Waals surface area contributed by atoms with Crippen molar-refractivity contribution in [2.75, 3.05) is 0 Å². The van der Waals surface area contributed by atoms with Gasteiger partial charge < -0.3 is 20.3 Å². The lowest BCUT2D eigenvalue weighted by Crippen LogP contribution is -2.47. The summed E-state index contributed by atoms with van der Waals surface area (Å²) in [6.45, 7) is 6.61. The molecule has 0 aliphatic carbocycles. The second-order valence-corrected chi connectivity index (χ2v) is 5.59. The standard InChI is InChI=1S/C14H20N2O5/c1-8-9(6-5-7-15-8)11(17)10(12(18)19)16-13(20)21-14(2,3)4/h5-7,10-11,17H,1-4H3,(H,16,20)(H,18,19)/t10-,11+/m0/s1. The number of hydrogen-bond donors (Lipinski definition) is 3. The summed E-state index contributed by atoms with van der Waals surface area (Å²) >= 11 is 0. The average Bonchev–Trinajstić information content (AvgIpc) is 2.33. The Bertz CT molecular complexity index is 524. The van der Waals surface area contributed by atoms with E-state index in [0.717, 1.165) is 0 Å². The zero-order chi connectivity index (χ0) is 16.2. The van der Waals surface area contributed by atoms with Crippen LogP contribution in [0.1, 0.15) is 38.1 Å². The van der Waals surface area contributed by atoms with E-state index in [1.165, 1.54) is 6.20 Å². The van der Waals surface area contributed by atoms with E-state index in [-0.39, 0.29) is 0 Å². The van der Waals surface area contributed by atoms with Crippen LogP contribution < -0.4 is 5.32 Å². The molecule has 1 rings (SSSR count). The number of aliphatic hydroxyl groups excluding tert-OH is 1. The molecule has 21 heavy (non-hydrogen) atoms. The van der Waals surface area contributed by atoms with Gasteiger partial charge in [-0.05, 0) is 33.8 Å². The van der Waals surface area contributed by atoms with Crippen LogP contribution in [0.4, 0.5) is 4.79 Å². The molecular formula is C14H20N2O5. The van der Waals surface area contributed by atoms with Crippen molar-refractivity contribution in [3.63, 3.8) is 0 Å². The number of nitrogens with one attached hydrogen (secondary N) is 1. The molecule has 0 saturated carbocycles. The van der Waals surface area contributed by atoms with Crippen molar-refractivity contribution in [2.24, 2.45) is 0 Å². The fourth-order valence-electron chi connectivity index (χ4n) is 1.70. The maximum absolute atomic E-state index is 11.7. The van der Waals surface area contributed by atoms with Crippen molar-refractivity contribution in [3.8, 4) is 0 Å². The van der Waals surface area contributed by atoms with Crippen LogP contribution in [-0.4, -0.2) is 38.9 Å². The molecule has 0 saturated heterocycles. The number of aliphatic carboxylic acids is 1. The highest BCUT2D eigenvalue weighted by atomic mass is 16.6. The van der Waals surface area contributed by atoms with E-state index in [1.807, 2.05) is 0 Å². The first kappa shape index (κ1) is 16.9. The van der Waals surface area contributed by atoms with Gasteiger partial charge in [-0.15, -0.1) is 0 Å². The van der Waals surface area contributed by atoms with Crippen LogP contribution >= 0.6 is 0 Å². The van der Waals surface area contributed by atoms with E-state index >= 15 is 0 Å². The number of amides is 1. The molecular weight excluding hydrogens is 276 g/mol. The number of aryl methyl sites for hydroxylation is 1. The summed E-state index contributed by atoms with van der Waals surface area (Å²) < 4.78 is 4.99. The molecule has 0 aromatic carbocycles.